The molecule has 5 heteroatoms. The molecule has 2 aromatic heterocycles. The van der Waals surface area contributed by atoms with Gasteiger partial charge in [-0.1, -0.05) is 29.8 Å². The van der Waals surface area contributed by atoms with E-state index in [-0.39, 0.29) is 0 Å². The van der Waals surface area contributed by atoms with E-state index in [9.17, 15) is 4.79 Å². The number of rotatable bonds is 3. The Morgan fingerprint density at radius 2 is 2.05 bits per heavy atom. The first-order chi connectivity index (χ1) is 9.29. The molecule has 0 unspecified atom stereocenters. The van der Waals surface area contributed by atoms with Gasteiger partial charge in [0.05, 0.1) is 11.4 Å². The lowest BCUT2D eigenvalue weighted by molar-refractivity contribution is 0.111. The first-order valence-electron chi connectivity index (χ1n) is 5.63. The highest BCUT2D eigenvalue weighted by atomic mass is 35.5. The lowest BCUT2D eigenvalue weighted by Gasteiger charge is -2.00. The number of carbonyl (C=O) groups excluding carboxylic acids is 1. The van der Waals surface area contributed by atoms with Crippen LogP contribution in [0.2, 0.25) is 5.02 Å². The van der Waals surface area contributed by atoms with Crippen LogP contribution in [-0.2, 0) is 0 Å². The minimum absolute atomic E-state index is 0.583. The van der Waals surface area contributed by atoms with Crippen molar-refractivity contribution in [2.75, 3.05) is 0 Å². The van der Waals surface area contributed by atoms with Gasteiger partial charge in [-0.2, -0.15) is 0 Å². The Kier molecular flexibility index (Phi) is 3.19. The van der Waals surface area contributed by atoms with E-state index >= 15 is 0 Å². The van der Waals surface area contributed by atoms with Crippen LogP contribution in [0.1, 0.15) is 10.5 Å². The van der Waals surface area contributed by atoms with E-state index in [4.69, 9.17) is 11.6 Å². The Morgan fingerprint density at radius 1 is 1.21 bits per heavy atom. The molecule has 0 N–H and O–H groups in total. The number of nitrogens with zero attached hydrogens (tertiary/aromatic N) is 2. The molecule has 0 aliphatic heterocycles. The monoisotopic (exact) mass is 288 g/mol. The highest BCUT2D eigenvalue weighted by Crippen LogP contribution is 2.30. The Bertz CT molecular complexity index is 732. The lowest BCUT2D eigenvalue weighted by Crippen LogP contribution is -1.96. The standard InChI is InChI=1S/C14H9ClN2OS/c15-12-6-2-1-5-11(12)13-9-19-14(16-13)17-7-3-4-10(17)8-18/h1-9H. The molecule has 0 atom stereocenters. The van der Waals surface area contributed by atoms with Gasteiger partial charge in [0.25, 0.3) is 0 Å². The zero-order chi connectivity index (χ0) is 13.2. The highest BCUT2D eigenvalue weighted by Gasteiger charge is 2.10. The molecule has 3 rings (SSSR count). The molecular weight excluding hydrogens is 280 g/mol. The van der Waals surface area contributed by atoms with Crippen molar-refractivity contribution in [1.29, 1.82) is 0 Å². The molecular formula is C14H9ClN2OS. The second-order valence-electron chi connectivity index (χ2n) is 3.92. The summed E-state index contributed by atoms with van der Waals surface area (Å²) in [4.78, 5) is 15.5. The fourth-order valence-corrected chi connectivity index (χ4v) is 2.89. The van der Waals surface area contributed by atoms with E-state index in [0.29, 0.717) is 10.7 Å². The molecule has 0 saturated heterocycles. The summed E-state index contributed by atoms with van der Waals surface area (Å²) in [6, 6.07) is 11.1. The van der Waals surface area contributed by atoms with Gasteiger partial charge in [-0.05, 0) is 18.2 Å². The Balaban J connectivity index is 2.05. The topological polar surface area (TPSA) is 34.9 Å². The second-order valence-corrected chi connectivity index (χ2v) is 5.16. The Hall–Kier alpha value is -1.91. The van der Waals surface area contributed by atoms with Gasteiger partial charge in [-0.25, -0.2) is 4.98 Å². The third-order valence-corrected chi connectivity index (χ3v) is 3.92. The third kappa shape index (κ3) is 2.20. The van der Waals surface area contributed by atoms with Crippen molar-refractivity contribution in [3.05, 3.63) is 58.7 Å². The predicted octanol–water partition coefficient (Wildman–Crippen LogP) is 4.07. The minimum atomic E-state index is 0.583. The zero-order valence-electron chi connectivity index (χ0n) is 9.79. The van der Waals surface area contributed by atoms with Gasteiger partial charge in [-0.3, -0.25) is 9.36 Å². The zero-order valence-corrected chi connectivity index (χ0v) is 11.4. The van der Waals surface area contributed by atoms with Crippen LogP contribution < -0.4 is 0 Å². The fraction of sp³-hybridized carbons (Fsp3) is 0. The van der Waals surface area contributed by atoms with E-state index in [0.717, 1.165) is 22.7 Å². The molecule has 94 valence electrons. The van der Waals surface area contributed by atoms with E-state index < -0.39 is 0 Å². The average Bonchev–Trinajstić information content (AvgIpc) is 3.07. The van der Waals surface area contributed by atoms with Gasteiger partial charge in [0.15, 0.2) is 11.4 Å². The molecule has 3 nitrogen and oxygen atoms in total. The number of hydrogen-bond acceptors (Lipinski definition) is 3. The van der Waals surface area contributed by atoms with Gasteiger partial charge in [-0.15, -0.1) is 11.3 Å². The number of hydrogen-bond donors (Lipinski definition) is 0. The molecule has 3 aromatic rings. The van der Waals surface area contributed by atoms with E-state index in [1.165, 1.54) is 11.3 Å². The van der Waals surface area contributed by atoms with Crippen LogP contribution in [0.15, 0.2) is 48.0 Å². The summed E-state index contributed by atoms with van der Waals surface area (Å²) in [6.45, 7) is 0. The van der Waals surface area contributed by atoms with Crippen molar-refractivity contribution in [3.63, 3.8) is 0 Å². The normalized spacial score (nSPS) is 10.6. The highest BCUT2D eigenvalue weighted by molar-refractivity contribution is 7.12. The largest absolute Gasteiger partial charge is 0.296 e. The summed E-state index contributed by atoms with van der Waals surface area (Å²) in [6.07, 6.45) is 2.63. The number of halogens is 1. The number of benzene rings is 1. The van der Waals surface area contributed by atoms with E-state index in [1.807, 2.05) is 41.9 Å². The molecule has 0 saturated carbocycles. The van der Waals surface area contributed by atoms with Crippen molar-refractivity contribution in [2.45, 2.75) is 0 Å². The predicted molar refractivity (Wildman–Crippen MR) is 77.3 cm³/mol. The first-order valence-corrected chi connectivity index (χ1v) is 6.88. The summed E-state index contributed by atoms with van der Waals surface area (Å²) >= 11 is 7.63. The van der Waals surface area contributed by atoms with Crippen LogP contribution in [-0.4, -0.2) is 15.8 Å². The summed E-state index contributed by atoms with van der Waals surface area (Å²) in [5.74, 6) is 0. The van der Waals surface area contributed by atoms with Crippen LogP contribution in [0.4, 0.5) is 0 Å². The molecule has 0 aliphatic rings. The second kappa shape index (κ2) is 4.99. The molecule has 0 amide bonds. The van der Waals surface area contributed by atoms with E-state index in [2.05, 4.69) is 4.98 Å². The van der Waals surface area contributed by atoms with Crippen LogP contribution in [0.3, 0.4) is 0 Å². The van der Waals surface area contributed by atoms with Crippen LogP contribution >= 0.6 is 22.9 Å². The smallest absolute Gasteiger partial charge is 0.194 e. The molecule has 0 radical (unpaired) electrons. The van der Waals surface area contributed by atoms with Crippen molar-refractivity contribution in [2.24, 2.45) is 0 Å². The first kappa shape index (κ1) is 12.1. The van der Waals surface area contributed by atoms with Crippen molar-refractivity contribution in [3.8, 4) is 16.4 Å². The van der Waals surface area contributed by atoms with Gasteiger partial charge in [0.2, 0.25) is 0 Å². The van der Waals surface area contributed by atoms with Gasteiger partial charge in [0.1, 0.15) is 0 Å². The summed E-state index contributed by atoms with van der Waals surface area (Å²) in [5, 5.41) is 3.36. The Morgan fingerprint density at radius 3 is 2.84 bits per heavy atom. The molecule has 0 aliphatic carbocycles. The van der Waals surface area contributed by atoms with Crippen molar-refractivity contribution >= 4 is 29.2 Å². The molecule has 0 fully saturated rings. The summed E-state index contributed by atoms with van der Waals surface area (Å²) in [7, 11) is 0. The van der Waals surface area contributed by atoms with Gasteiger partial charge in [0, 0.05) is 22.2 Å². The van der Waals surface area contributed by atoms with Crippen molar-refractivity contribution < 1.29 is 4.79 Å². The van der Waals surface area contributed by atoms with Crippen LogP contribution in [0.5, 0.6) is 0 Å². The summed E-state index contributed by atoms with van der Waals surface area (Å²) in [5.41, 5.74) is 2.29. The maximum Gasteiger partial charge on any atom is 0.194 e. The Labute approximate surface area is 119 Å². The van der Waals surface area contributed by atoms with E-state index in [1.54, 1.807) is 10.6 Å². The molecule has 19 heavy (non-hydrogen) atoms. The molecule has 0 spiro atoms. The van der Waals surface area contributed by atoms with Crippen LogP contribution in [0, 0.1) is 0 Å². The summed E-state index contributed by atoms with van der Waals surface area (Å²) < 4.78 is 1.76. The number of aromatic nitrogens is 2. The molecule has 2 heterocycles. The lowest BCUT2D eigenvalue weighted by atomic mass is 10.2. The number of thiazole rings is 1. The van der Waals surface area contributed by atoms with Crippen LogP contribution in [0.25, 0.3) is 16.4 Å². The van der Waals surface area contributed by atoms with Gasteiger partial charge >= 0.3 is 0 Å². The number of carbonyl (C=O) groups is 1. The van der Waals surface area contributed by atoms with Gasteiger partial charge < -0.3 is 0 Å². The molecule has 0 bridgehead atoms. The third-order valence-electron chi connectivity index (χ3n) is 2.75. The number of aldehydes is 1. The van der Waals surface area contributed by atoms with Crippen molar-refractivity contribution in [1.82, 2.24) is 9.55 Å². The maximum atomic E-state index is 10.9. The maximum absolute atomic E-state index is 10.9. The molecule has 1 aromatic carbocycles. The average molecular weight is 289 g/mol. The SMILES string of the molecule is O=Cc1cccn1-c1nc(-c2ccccc2Cl)cs1. The minimum Gasteiger partial charge on any atom is -0.296 e. The quantitative estimate of drug-likeness (QED) is 0.681. The fourth-order valence-electron chi connectivity index (χ4n) is 1.83.